The predicted octanol–water partition coefficient (Wildman–Crippen LogP) is 5.00. The van der Waals surface area contributed by atoms with Gasteiger partial charge in [0.2, 0.25) is 0 Å². The molecule has 2 rings (SSSR count). The van der Waals surface area contributed by atoms with Crippen molar-refractivity contribution in [2.24, 2.45) is 0 Å². The van der Waals surface area contributed by atoms with Crippen LogP contribution >= 0.6 is 0 Å². The van der Waals surface area contributed by atoms with Gasteiger partial charge in [-0.1, -0.05) is 39.0 Å². The molecule has 6 nitrogen and oxygen atoms in total. The third-order valence-corrected chi connectivity index (χ3v) is 4.32. The van der Waals surface area contributed by atoms with E-state index in [1.54, 1.807) is 26.8 Å². The average molecular weight is 370 g/mol. The van der Waals surface area contributed by atoms with Crippen LogP contribution < -0.4 is 10.1 Å². The molecule has 1 N–H and O–H groups in total. The summed E-state index contributed by atoms with van der Waals surface area (Å²) < 4.78 is 5.88. The number of nitro groups is 1. The van der Waals surface area contributed by atoms with E-state index in [9.17, 15) is 14.9 Å². The van der Waals surface area contributed by atoms with Gasteiger partial charge in [-0.2, -0.15) is 0 Å². The van der Waals surface area contributed by atoms with Crippen molar-refractivity contribution in [3.63, 3.8) is 0 Å². The average Bonchev–Trinajstić information content (AvgIpc) is 2.55. The van der Waals surface area contributed by atoms with Gasteiger partial charge in [-0.25, -0.2) is 0 Å². The highest BCUT2D eigenvalue weighted by Crippen LogP contribution is 2.27. The predicted molar refractivity (Wildman–Crippen MR) is 106 cm³/mol. The Labute approximate surface area is 159 Å². The molecule has 1 amide bonds. The first-order chi connectivity index (χ1) is 12.4. The van der Waals surface area contributed by atoms with Crippen molar-refractivity contribution in [3.05, 3.63) is 63.7 Å². The second kappa shape index (κ2) is 7.39. The number of hydrogen-bond acceptors (Lipinski definition) is 4. The van der Waals surface area contributed by atoms with Crippen molar-refractivity contribution < 1.29 is 14.5 Å². The lowest BCUT2D eigenvalue weighted by molar-refractivity contribution is -0.384. The minimum atomic E-state index is -1.15. The summed E-state index contributed by atoms with van der Waals surface area (Å²) in [5, 5.41) is 13.7. The molecule has 27 heavy (non-hydrogen) atoms. The van der Waals surface area contributed by atoms with Crippen LogP contribution in [0.4, 0.5) is 11.4 Å². The number of anilines is 1. The van der Waals surface area contributed by atoms with Gasteiger partial charge < -0.3 is 10.1 Å². The number of nitro benzene ring substituents is 1. The molecule has 0 spiro atoms. The summed E-state index contributed by atoms with van der Waals surface area (Å²) >= 11 is 0. The maximum Gasteiger partial charge on any atom is 0.271 e. The Balaban J connectivity index is 2.15. The van der Waals surface area contributed by atoms with E-state index in [0.717, 1.165) is 5.56 Å². The summed E-state index contributed by atoms with van der Waals surface area (Å²) in [6.45, 7) is 11.5. The molecule has 2 aromatic carbocycles. The zero-order valence-corrected chi connectivity index (χ0v) is 16.6. The van der Waals surface area contributed by atoms with E-state index < -0.39 is 10.5 Å². The monoisotopic (exact) mass is 370 g/mol. The zero-order chi connectivity index (χ0) is 20.4. The van der Waals surface area contributed by atoms with Crippen molar-refractivity contribution in [1.82, 2.24) is 0 Å². The molecular weight excluding hydrogens is 344 g/mol. The van der Waals surface area contributed by atoms with Crippen LogP contribution in [0.15, 0.2) is 42.5 Å². The number of ether oxygens (including phenoxy) is 1. The molecule has 0 bridgehead atoms. The Morgan fingerprint density at radius 1 is 1.04 bits per heavy atom. The van der Waals surface area contributed by atoms with Crippen LogP contribution in [-0.4, -0.2) is 16.4 Å². The van der Waals surface area contributed by atoms with Gasteiger partial charge in [-0.05, 0) is 49.4 Å². The molecule has 0 saturated carbocycles. The van der Waals surface area contributed by atoms with E-state index in [4.69, 9.17) is 4.74 Å². The molecule has 0 aliphatic heterocycles. The Morgan fingerprint density at radius 2 is 1.63 bits per heavy atom. The van der Waals surface area contributed by atoms with E-state index in [0.29, 0.717) is 11.4 Å². The smallest absolute Gasteiger partial charge is 0.271 e. The van der Waals surface area contributed by atoms with E-state index in [1.165, 1.54) is 17.7 Å². The standard InChI is InChI=1S/C21H26N2O4/c1-14-7-10-16(23(25)26)13-18(14)22-19(24)21(5,6)27-17-11-8-15(9-12-17)20(2,3)4/h7-13H,1-6H3,(H,22,24). The molecular formula is C21H26N2O4. The summed E-state index contributed by atoms with van der Waals surface area (Å²) in [6, 6.07) is 12.0. The molecule has 0 aliphatic carbocycles. The van der Waals surface area contributed by atoms with Crippen molar-refractivity contribution >= 4 is 17.3 Å². The number of carbonyl (C=O) groups excluding carboxylic acids is 1. The van der Waals surface area contributed by atoms with E-state index in [2.05, 4.69) is 26.1 Å². The number of non-ortho nitro benzene ring substituents is 1. The quantitative estimate of drug-likeness (QED) is 0.593. The Morgan fingerprint density at radius 3 is 2.15 bits per heavy atom. The molecule has 0 aromatic heterocycles. The lowest BCUT2D eigenvalue weighted by atomic mass is 9.87. The fourth-order valence-electron chi connectivity index (χ4n) is 2.50. The highest BCUT2D eigenvalue weighted by atomic mass is 16.6. The Bertz CT molecular complexity index is 849. The zero-order valence-electron chi connectivity index (χ0n) is 16.6. The number of amides is 1. The van der Waals surface area contributed by atoms with Gasteiger partial charge in [-0.15, -0.1) is 0 Å². The molecule has 0 radical (unpaired) electrons. The molecule has 0 saturated heterocycles. The SMILES string of the molecule is Cc1ccc([N+](=O)[O-])cc1NC(=O)C(C)(C)Oc1ccc(C(C)(C)C)cc1. The van der Waals surface area contributed by atoms with Crippen molar-refractivity contribution in [3.8, 4) is 5.75 Å². The minimum Gasteiger partial charge on any atom is -0.478 e. The van der Waals surface area contributed by atoms with Crippen LogP contribution in [0.25, 0.3) is 0 Å². The largest absolute Gasteiger partial charge is 0.478 e. The number of carbonyl (C=O) groups is 1. The van der Waals surface area contributed by atoms with Crippen LogP contribution in [0.5, 0.6) is 5.75 Å². The van der Waals surface area contributed by atoms with Crippen LogP contribution in [0.1, 0.15) is 45.7 Å². The van der Waals surface area contributed by atoms with Crippen molar-refractivity contribution in [2.45, 2.75) is 52.6 Å². The molecule has 0 atom stereocenters. The van der Waals surface area contributed by atoms with Gasteiger partial charge in [0.15, 0.2) is 5.60 Å². The summed E-state index contributed by atoms with van der Waals surface area (Å²) in [5.41, 5.74) is 1.11. The van der Waals surface area contributed by atoms with Gasteiger partial charge in [0.05, 0.1) is 10.6 Å². The summed E-state index contributed by atoms with van der Waals surface area (Å²) in [6.07, 6.45) is 0. The second-order valence-electron chi connectivity index (χ2n) is 8.10. The van der Waals surface area contributed by atoms with E-state index >= 15 is 0 Å². The molecule has 0 heterocycles. The molecule has 0 fully saturated rings. The van der Waals surface area contributed by atoms with Gasteiger partial charge in [0, 0.05) is 12.1 Å². The van der Waals surface area contributed by atoms with Crippen LogP contribution in [0.3, 0.4) is 0 Å². The van der Waals surface area contributed by atoms with Crippen LogP contribution in [0, 0.1) is 17.0 Å². The van der Waals surface area contributed by atoms with Crippen molar-refractivity contribution in [2.75, 3.05) is 5.32 Å². The van der Waals surface area contributed by atoms with Crippen LogP contribution in [0.2, 0.25) is 0 Å². The summed E-state index contributed by atoms with van der Waals surface area (Å²) in [4.78, 5) is 23.2. The molecule has 6 heteroatoms. The fraction of sp³-hybridized carbons (Fsp3) is 0.381. The molecule has 0 aliphatic rings. The number of nitrogens with zero attached hydrogens (tertiary/aromatic N) is 1. The van der Waals surface area contributed by atoms with Gasteiger partial charge >= 0.3 is 0 Å². The number of aryl methyl sites for hydroxylation is 1. The van der Waals surface area contributed by atoms with Crippen molar-refractivity contribution in [1.29, 1.82) is 0 Å². The maximum atomic E-state index is 12.7. The number of rotatable bonds is 5. The Hall–Kier alpha value is -2.89. The highest BCUT2D eigenvalue weighted by Gasteiger charge is 2.31. The summed E-state index contributed by atoms with van der Waals surface area (Å²) in [7, 11) is 0. The number of benzene rings is 2. The number of hydrogen-bond donors (Lipinski definition) is 1. The normalized spacial score (nSPS) is 11.8. The van der Waals surface area contributed by atoms with Gasteiger partial charge in [0.25, 0.3) is 11.6 Å². The fourth-order valence-corrected chi connectivity index (χ4v) is 2.50. The lowest BCUT2D eigenvalue weighted by Crippen LogP contribution is -2.42. The second-order valence-corrected chi connectivity index (χ2v) is 8.10. The van der Waals surface area contributed by atoms with Gasteiger partial charge in [0.1, 0.15) is 5.75 Å². The lowest BCUT2D eigenvalue weighted by Gasteiger charge is -2.26. The van der Waals surface area contributed by atoms with E-state index in [-0.39, 0.29) is 17.0 Å². The highest BCUT2D eigenvalue weighted by molar-refractivity contribution is 5.97. The first-order valence-electron chi connectivity index (χ1n) is 8.76. The first kappa shape index (κ1) is 20.4. The van der Waals surface area contributed by atoms with E-state index in [1.807, 2.05) is 24.3 Å². The third kappa shape index (κ3) is 5.06. The topological polar surface area (TPSA) is 81.5 Å². The first-order valence-corrected chi connectivity index (χ1v) is 8.76. The molecule has 0 unspecified atom stereocenters. The van der Waals surface area contributed by atoms with Gasteiger partial charge in [-0.3, -0.25) is 14.9 Å². The van der Waals surface area contributed by atoms with Crippen LogP contribution in [-0.2, 0) is 10.2 Å². The number of nitrogens with one attached hydrogen (secondary N) is 1. The third-order valence-electron chi connectivity index (χ3n) is 4.32. The summed E-state index contributed by atoms with van der Waals surface area (Å²) in [5.74, 6) is 0.199. The molecule has 2 aromatic rings. The Kier molecular flexibility index (Phi) is 5.59. The minimum absolute atomic E-state index is 0.0327. The maximum absolute atomic E-state index is 12.7. The molecule has 144 valence electrons.